The van der Waals surface area contributed by atoms with Crippen LogP contribution in [-0.4, -0.2) is 33.4 Å². The summed E-state index contributed by atoms with van der Waals surface area (Å²) in [5, 5.41) is 8.76. The van der Waals surface area contributed by atoms with Gasteiger partial charge in [0.15, 0.2) is 0 Å². The molecule has 5 heteroatoms. The van der Waals surface area contributed by atoms with Crippen LogP contribution < -0.4 is 0 Å². The maximum Gasteiger partial charge on any atom is 0.303 e. The first-order chi connectivity index (χ1) is 10.1. The summed E-state index contributed by atoms with van der Waals surface area (Å²) < 4.78 is 0. The van der Waals surface area contributed by atoms with Crippen molar-refractivity contribution in [3.05, 3.63) is 29.6 Å². The molecule has 0 spiro atoms. The molecule has 1 aromatic rings. The number of carboxylic acid groups (broad SMARTS) is 1. The molecule has 1 aromatic heterocycles. The highest BCUT2D eigenvalue weighted by molar-refractivity contribution is 5.81. The molecule has 1 heterocycles. The Labute approximate surface area is 125 Å². The first kappa shape index (κ1) is 15.5. The van der Waals surface area contributed by atoms with Gasteiger partial charge in [-0.25, -0.2) is 0 Å². The molecular weight excluding hydrogens is 268 g/mol. The largest absolute Gasteiger partial charge is 0.481 e. The van der Waals surface area contributed by atoms with Crippen molar-refractivity contribution in [1.82, 2.24) is 9.88 Å². The average Bonchev–Trinajstić information content (AvgIpc) is 2.50. The minimum Gasteiger partial charge on any atom is -0.481 e. The van der Waals surface area contributed by atoms with Crippen LogP contribution in [0.4, 0.5) is 0 Å². The lowest BCUT2D eigenvalue weighted by Crippen LogP contribution is -2.37. The summed E-state index contributed by atoms with van der Waals surface area (Å²) in [5.74, 6) is -1.01. The molecule has 2 rings (SSSR count). The second-order valence-corrected chi connectivity index (χ2v) is 5.44. The third kappa shape index (κ3) is 3.80. The van der Waals surface area contributed by atoms with E-state index in [9.17, 15) is 9.59 Å². The number of amides is 1. The molecule has 0 bridgehead atoms. The zero-order valence-corrected chi connectivity index (χ0v) is 12.4. The summed E-state index contributed by atoms with van der Waals surface area (Å²) in [4.78, 5) is 29.4. The van der Waals surface area contributed by atoms with Crippen LogP contribution >= 0.6 is 0 Å². The number of hydrogen-bond donors (Lipinski definition) is 1. The maximum atomic E-state index is 12.4. The van der Waals surface area contributed by atoms with E-state index >= 15 is 0 Å². The molecule has 0 radical (unpaired) electrons. The van der Waals surface area contributed by atoms with Crippen LogP contribution in [0.2, 0.25) is 0 Å². The number of aliphatic carboxylic acids is 1. The van der Waals surface area contributed by atoms with Crippen LogP contribution in [0.5, 0.6) is 0 Å². The van der Waals surface area contributed by atoms with Crippen molar-refractivity contribution in [3.63, 3.8) is 0 Å². The van der Waals surface area contributed by atoms with Crippen molar-refractivity contribution >= 4 is 11.9 Å². The third-order valence-electron chi connectivity index (χ3n) is 3.88. The van der Waals surface area contributed by atoms with Gasteiger partial charge in [-0.05, 0) is 37.3 Å². The number of hydrogen-bond acceptors (Lipinski definition) is 3. The molecule has 21 heavy (non-hydrogen) atoms. The SMILES string of the molecule is CCCN(C(=O)CCC(=O)O)C1CCCc2cccnc21. The normalized spacial score (nSPS) is 17.1. The number of fused-ring (bicyclic) bond motifs is 1. The fraction of sp³-hybridized carbons (Fsp3) is 0.562. The van der Waals surface area contributed by atoms with Crippen molar-refractivity contribution in [2.75, 3.05) is 6.54 Å². The molecule has 1 unspecified atom stereocenters. The smallest absolute Gasteiger partial charge is 0.303 e. The molecule has 1 aliphatic rings. The molecule has 5 nitrogen and oxygen atoms in total. The van der Waals surface area contributed by atoms with E-state index in [1.807, 2.05) is 17.9 Å². The number of aryl methyl sites for hydroxylation is 1. The van der Waals surface area contributed by atoms with Gasteiger partial charge in [-0.2, -0.15) is 0 Å². The first-order valence-electron chi connectivity index (χ1n) is 7.58. The highest BCUT2D eigenvalue weighted by Gasteiger charge is 2.29. The number of carboxylic acids is 1. The molecule has 1 N–H and O–H groups in total. The topological polar surface area (TPSA) is 70.5 Å². The number of carbonyl (C=O) groups is 2. The van der Waals surface area contributed by atoms with E-state index in [1.165, 1.54) is 5.56 Å². The predicted octanol–water partition coefficient (Wildman–Crippen LogP) is 2.56. The van der Waals surface area contributed by atoms with Crippen molar-refractivity contribution in [2.45, 2.75) is 51.5 Å². The van der Waals surface area contributed by atoms with Gasteiger partial charge in [0.2, 0.25) is 5.91 Å². The van der Waals surface area contributed by atoms with Gasteiger partial charge in [0.25, 0.3) is 0 Å². The minimum atomic E-state index is -0.929. The lowest BCUT2D eigenvalue weighted by atomic mass is 9.90. The van der Waals surface area contributed by atoms with Crippen LogP contribution in [0.1, 0.15) is 56.3 Å². The Bertz CT molecular complexity index is 516. The fourth-order valence-corrected chi connectivity index (χ4v) is 2.94. The molecule has 1 amide bonds. The number of pyridine rings is 1. The fourth-order valence-electron chi connectivity index (χ4n) is 2.94. The van der Waals surface area contributed by atoms with Gasteiger partial charge in [-0.3, -0.25) is 14.6 Å². The van der Waals surface area contributed by atoms with Gasteiger partial charge in [-0.15, -0.1) is 0 Å². The van der Waals surface area contributed by atoms with E-state index in [1.54, 1.807) is 6.20 Å². The van der Waals surface area contributed by atoms with E-state index in [0.29, 0.717) is 6.54 Å². The summed E-state index contributed by atoms with van der Waals surface area (Å²) in [6.07, 6.45) is 5.52. The molecule has 1 aliphatic carbocycles. The Morgan fingerprint density at radius 3 is 2.95 bits per heavy atom. The Hall–Kier alpha value is -1.91. The number of carbonyl (C=O) groups excluding carboxylic acids is 1. The highest BCUT2D eigenvalue weighted by Crippen LogP contribution is 2.33. The number of rotatable bonds is 6. The molecule has 0 saturated heterocycles. The standard InChI is InChI=1S/C16H22N2O3/c1-2-11-18(14(19)8-9-15(20)21)13-7-3-5-12-6-4-10-17-16(12)13/h4,6,10,13H,2-3,5,7-9,11H2,1H3,(H,20,21). The van der Waals surface area contributed by atoms with E-state index in [0.717, 1.165) is 31.4 Å². The summed E-state index contributed by atoms with van der Waals surface area (Å²) >= 11 is 0. The second kappa shape index (κ2) is 7.20. The summed E-state index contributed by atoms with van der Waals surface area (Å²) in [6.45, 7) is 2.68. The monoisotopic (exact) mass is 290 g/mol. The van der Waals surface area contributed by atoms with Gasteiger partial charge < -0.3 is 10.0 Å². The van der Waals surface area contributed by atoms with Crippen molar-refractivity contribution in [1.29, 1.82) is 0 Å². The molecule has 114 valence electrons. The molecule has 0 saturated carbocycles. The Balaban J connectivity index is 2.18. The Kier molecular flexibility index (Phi) is 5.31. The summed E-state index contributed by atoms with van der Waals surface area (Å²) in [5.41, 5.74) is 2.20. The zero-order chi connectivity index (χ0) is 15.2. The van der Waals surface area contributed by atoms with E-state index in [-0.39, 0.29) is 24.8 Å². The van der Waals surface area contributed by atoms with Gasteiger partial charge in [0, 0.05) is 19.2 Å². The number of nitrogens with zero attached hydrogens (tertiary/aromatic N) is 2. The van der Waals surface area contributed by atoms with E-state index in [4.69, 9.17) is 5.11 Å². The van der Waals surface area contributed by atoms with Crippen molar-refractivity contribution < 1.29 is 14.7 Å². The number of aromatic nitrogens is 1. The summed E-state index contributed by atoms with van der Waals surface area (Å²) in [7, 11) is 0. The summed E-state index contributed by atoms with van der Waals surface area (Å²) in [6, 6.07) is 3.99. The van der Waals surface area contributed by atoms with E-state index in [2.05, 4.69) is 11.1 Å². The van der Waals surface area contributed by atoms with Gasteiger partial charge >= 0.3 is 5.97 Å². The minimum absolute atomic E-state index is 0.00352. The highest BCUT2D eigenvalue weighted by atomic mass is 16.4. The lowest BCUT2D eigenvalue weighted by molar-refractivity contribution is -0.142. The van der Waals surface area contributed by atoms with Gasteiger partial charge in [0.05, 0.1) is 18.2 Å². The van der Waals surface area contributed by atoms with E-state index < -0.39 is 5.97 Å². The Morgan fingerprint density at radius 2 is 2.24 bits per heavy atom. The lowest BCUT2D eigenvalue weighted by Gasteiger charge is -2.35. The Morgan fingerprint density at radius 1 is 1.43 bits per heavy atom. The molecule has 1 atom stereocenters. The molecular formula is C16H22N2O3. The quantitative estimate of drug-likeness (QED) is 0.874. The molecule has 0 aliphatic heterocycles. The molecule has 0 aromatic carbocycles. The average molecular weight is 290 g/mol. The van der Waals surface area contributed by atoms with Crippen LogP contribution in [-0.2, 0) is 16.0 Å². The van der Waals surface area contributed by atoms with Crippen molar-refractivity contribution in [3.8, 4) is 0 Å². The van der Waals surface area contributed by atoms with Crippen LogP contribution in [0, 0.1) is 0 Å². The van der Waals surface area contributed by atoms with Crippen LogP contribution in [0.25, 0.3) is 0 Å². The van der Waals surface area contributed by atoms with Crippen LogP contribution in [0.3, 0.4) is 0 Å². The van der Waals surface area contributed by atoms with Crippen molar-refractivity contribution in [2.24, 2.45) is 0 Å². The van der Waals surface area contributed by atoms with Crippen LogP contribution in [0.15, 0.2) is 18.3 Å². The first-order valence-corrected chi connectivity index (χ1v) is 7.58. The third-order valence-corrected chi connectivity index (χ3v) is 3.88. The zero-order valence-electron chi connectivity index (χ0n) is 12.4. The molecule has 0 fully saturated rings. The maximum absolute atomic E-state index is 12.4. The van der Waals surface area contributed by atoms with Gasteiger partial charge in [-0.1, -0.05) is 13.0 Å². The second-order valence-electron chi connectivity index (χ2n) is 5.44. The predicted molar refractivity (Wildman–Crippen MR) is 78.8 cm³/mol. The van der Waals surface area contributed by atoms with Gasteiger partial charge in [0.1, 0.15) is 0 Å².